The topological polar surface area (TPSA) is 48.1 Å². The van der Waals surface area contributed by atoms with Gasteiger partial charge in [-0.15, -0.1) is 0 Å². The molecule has 1 aliphatic heterocycles. The Balaban J connectivity index is 1.84. The molecule has 3 unspecified atom stereocenters. The van der Waals surface area contributed by atoms with Crippen molar-refractivity contribution in [1.82, 2.24) is 0 Å². The highest BCUT2D eigenvalue weighted by molar-refractivity contribution is 5.97. The van der Waals surface area contributed by atoms with Gasteiger partial charge >= 0.3 is 0 Å². The minimum Gasteiger partial charge on any atom is -0.385 e. The fraction of sp³-hybridized carbons (Fsp3) is 0.767. The van der Waals surface area contributed by atoms with Gasteiger partial charge in [0.15, 0.2) is 5.78 Å². The molecule has 3 atom stereocenters. The summed E-state index contributed by atoms with van der Waals surface area (Å²) in [6, 6.07) is 0. The maximum Gasteiger partial charge on any atom is 0.159 e. The van der Waals surface area contributed by atoms with Crippen LogP contribution in [-0.2, 0) is 19.0 Å². The third-order valence-electron chi connectivity index (χ3n) is 8.81. The molecule has 3 aliphatic rings. The van der Waals surface area contributed by atoms with Crippen LogP contribution >= 0.6 is 0 Å². The minimum absolute atomic E-state index is 0.0366. The maximum atomic E-state index is 12.6. The molecule has 4 nitrogen and oxygen atoms in total. The number of fused-ring (bicyclic) bond motifs is 1. The lowest BCUT2D eigenvalue weighted by Gasteiger charge is -2.38. The van der Waals surface area contributed by atoms with Crippen molar-refractivity contribution in [2.75, 3.05) is 27.4 Å². The van der Waals surface area contributed by atoms with E-state index in [1.54, 1.807) is 14.2 Å². The zero-order valence-electron chi connectivity index (χ0n) is 23.0. The number of ketones is 1. The largest absolute Gasteiger partial charge is 0.385 e. The molecule has 2 aliphatic carbocycles. The highest BCUT2D eigenvalue weighted by Gasteiger charge is 2.75. The molecule has 3 fully saturated rings. The summed E-state index contributed by atoms with van der Waals surface area (Å²) in [6.45, 7) is 14.9. The lowest BCUT2D eigenvalue weighted by atomic mass is 9.63. The summed E-state index contributed by atoms with van der Waals surface area (Å²) >= 11 is 0. The quantitative estimate of drug-likeness (QED) is 0.195. The average Bonchev–Trinajstić information content (AvgIpc) is 3.40. The van der Waals surface area contributed by atoms with E-state index in [1.807, 2.05) is 0 Å². The van der Waals surface area contributed by atoms with Gasteiger partial charge in [0.05, 0.1) is 6.61 Å². The van der Waals surface area contributed by atoms with Gasteiger partial charge in [0.1, 0.15) is 11.2 Å². The number of carbonyl (C=O) groups excluding carboxylic acids is 1. The SMILES string of the molecule is COCCC(C)(/C=C/C12OC1(COC)CCCC2(C)C)C/C(C)=C/C=C1\C(=O)CCCC1(C)C. The predicted octanol–water partition coefficient (Wildman–Crippen LogP) is 6.99. The predicted molar refractivity (Wildman–Crippen MR) is 139 cm³/mol. The zero-order valence-corrected chi connectivity index (χ0v) is 23.0. The summed E-state index contributed by atoms with van der Waals surface area (Å²) in [5, 5.41) is 0. The van der Waals surface area contributed by atoms with E-state index >= 15 is 0 Å². The Hall–Kier alpha value is -1.23. The lowest BCUT2D eigenvalue weighted by molar-refractivity contribution is -0.117. The number of ether oxygens (including phenoxy) is 3. The summed E-state index contributed by atoms with van der Waals surface area (Å²) in [5.41, 5.74) is 1.78. The molecule has 0 aromatic heterocycles. The van der Waals surface area contributed by atoms with Gasteiger partial charge in [0.25, 0.3) is 0 Å². The number of allylic oxidation sites excluding steroid dienone is 5. The van der Waals surface area contributed by atoms with Crippen LogP contribution in [0.5, 0.6) is 0 Å². The van der Waals surface area contributed by atoms with Crippen molar-refractivity contribution >= 4 is 5.78 Å². The van der Waals surface area contributed by atoms with Crippen LogP contribution in [0.1, 0.15) is 92.9 Å². The second-order valence-corrected chi connectivity index (χ2v) is 12.7. The zero-order chi connectivity index (χ0) is 25.3. The van der Waals surface area contributed by atoms with Crippen molar-refractivity contribution in [1.29, 1.82) is 0 Å². The smallest absolute Gasteiger partial charge is 0.159 e. The number of rotatable bonds is 10. The van der Waals surface area contributed by atoms with Crippen molar-refractivity contribution in [3.05, 3.63) is 35.5 Å². The van der Waals surface area contributed by atoms with E-state index in [1.165, 1.54) is 12.0 Å². The number of carbonyl (C=O) groups is 1. The normalized spacial score (nSPS) is 33.7. The minimum atomic E-state index is -0.263. The Morgan fingerprint density at radius 2 is 1.82 bits per heavy atom. The third kappa shape index (κ3) is 5.29. The van der Waals surface area contributed by atoms with Gasteiger partial charge in [-0.3, -0.25) is 4.79 Å². The molecule has 0 radical (unpaired) electrons. The number of Topliss-reactive ketones (excluding diaryl/α,β-unsaturated/α-hetero) is 1. The van der Waals surface area contributed by atoms with Crippen LogP contribution in [0, 0.1) is 16.2 Å². The molecule has 34 heavy (non-hydrogen) atoms. The second-order valence-electron chi connectivity index (χ2n) is 12.7. The first-order chi connectivity index (χ1) is 15.9. The molecular weight excluding hydrogens is 424 g/mol. The van der Waals surface area contributed by atoms with Crippen molar-refractivity contribution in [2.45, 2.75) is 104 Å². The fourth-order valence-corrected chi connectivity index (χ4v) is 6.59. The van der Waals surface area contributed by atoms with Gasteiger partial charge in [-0.1, -0.05) is 64.5 Å². The van der Waals surface area contributed by atoms with E-state index in [-0.39, 0.29) is 27.4 Å². The summed E-state index contributed by atoms with van der Waals surface area (Å²) in [5.74, 6) is 0.307. The maximum absolute atomic E-state index is 12.6. The summed E-state index contributed by atoms with van der Waals surface area (Å²) in [6.07, 6.45) is 17.0. The van der Waals surface area contributed by atoms with Gasteiger partial charge in [0.2, 0.25) is 0 Å². The van der Waals surface area contributed by atoms with Gasteiger partial charge < -0.3 is 14.2 Å². The van der Waals surface area contributed by atoms with E-state index in [4.69, 9.17) is 14.2 Å². The van der Waals surface area contributed by atoms with E-state index in [9.17, 15) is 4.79 Å². The van der Waals surface area contributed by atoms with Crippen LogP contribution in [0.2, 0.25) is 0 Å². The molecule has 1 saturated heterocycles. The monoisotopic (exact) mass is 472 g/mol. The highest BCUT2D eigenvalue weighted by atomic mass is 16.7. The van der Waals surface area contributed by atoms with Crippen LogP contribution < -0.4 is 0 Å². The summed E-state index contributed by atoms with van der Waals surface area (Å²) in [4.78, 5) is 12.6. The first-order valence-electron chi connectivity index (χ1n) is 13.2. The molecule has 192 valence electrons. The number of hydrogen-bond donors (Lipinski definition) is 0. The second kappa shape index (κ2) is 10.0. The molecule has 0 bridgehead atoms. The van der Waals surface area contributed by atoms with Crippen LogP contribution in [-0.4, -0.2) is 44.4 Å². The van der Waals surface area contributed by atoms with E-state index in [2.05, 4.69) is 65.8 Å². The standard InChI is InChI=1S/C30H48O4/c1-23(12-13-24-25(31)11-9-14-26(24,2)3)21-28(6,19-20-32-7)17-18-30-27(4,5)15-10-16-29(30,34-30)22-33-8/h12-13,17-18H,9-11,14-16,19-22H2,1-8H3/b18-17+,23-12+,24-13+. The molecule has 0 aromatic carbocycles. The van der Waals surface area contributed by atoms with Crippen LogP contribution in [0.3, 0.4) is 0 Å². The number of methoxy groups -OCH3 is 2. The van der Waals surface area contributed by atoms with Crippen molar-refractivity contribution in [3.8, 4) is 0 Å². The van der Waals surface area contributed by atoms with Crippen LogP contribution in [0.25, 0.3) is 0 Å². The molecule has 0 aromatic rings. The molecular formula is C30H48O4. The number of epoxide rings is 1. The molecule has 4 heteroatoms. The van der Waals surface area contributed by atoms with Crippen molar-refractivity contribution in [2.24, 2.45) is 16.2 Å². The number of hydrogen-bond acceptors (Lipinski definition) is 4. The third-order valence-corrected chi connectivity index (χ3v) is 8.81. The van der Waals surface area contributed by atoms with Gasteiger partial charge in [0, 0.05) is 38.2 Å². The highest BCUT2D eigenvalue weighted by Crippen LogP contribution is 2.66. The molecule has 0 amide bonds. The van der Waals surface area contributed by atoms with Crippen LogP contribution in [0.4, 0.5) is 0 Å². The van der Waals surface area contributed by atoms with E-state index < -0.39 is 0 Å². The molecule has 2 saturated carbocycles. The fourth-order valence-electron chi connectivity index (χ4n) is 6.59. The molecule has 3 rings (SSSR count). The summed E-state index contributed by atoms with van der Waals surface area (Å²) in [7, 11) is 3.54. The summed E-state index contributed by atoms with van der Waals surface area (Å²) < 4.78 is 17.7. The molecule has 0 N–H and O–H groups in total. The molecule has 0 spiro atoms. The van der Waals surface area contributed by atoms with Crippen molar-refractivity contribution < 1.29 is 19.0 Å². The van der Waals surface area contributed by atoms with Gasteiger partial charge in [-0.25, -0.2) is 0 Å². The van der Waals surface area contributed by atoms with E-state index in [0.29, 0.717) is 25.4 Å². The average molecular weight is 473 g/mol. The Labute approximate surface area is 208 Å². The Kier molecular flexibility index (Phi) is 8.07. The molecule has 1 heterocycles. The Morgan fingerprint density at radius 3 is 2.47 bits per heavy atom. The lowest BCUT2D eigenvalue weighted by Crippen LogP contribution is -2.44. The van der Waals surface area contributed by atoms with Gasteiger partial charge in [-0.2, -0.15) is 0 Å². The Morgan fingerprint density at radius 1 is 1.09 bits per heavy atom. The van der Waals surface area contributed by atoms with Crippen molar-refractivity contribution in [3.63, 3.8) is 0 Å². The van der Waals surface area contributed by atoms with Crippen LogP contribution in [0.15, 0.2) is 35.5 Å². The van der Waals surface area contributed by atoms with Gasteiger partial charge in [-0.05, 0) is 62.7 Å². The first-order valence-corrected chi connectivity index (χ1v) is 13.2. The van der Waals surface area contributed by atoms with E-state index in [0.717, 1.165) is 44.1 Å². The Bertz CT molecular complexity index is 844. The first kappa shape index (κ1) is 27.4.